The summed E-state index contributed by atoms with van der Waals surface area (Å²) in [7, 11) is 1.54. The molecule has 120 valence electrons. The topological polar surface area (TPSA) is 76.4 Å². The SMILES string of the molecule is CCc1ccc(C(=O)NC(=S)Nc2ccc(N)cc2OC)cc1. The lowest BCUT2D eigenvalue weighted by Crippen LogP contribution is -2.34. The highest BCUT2D eigenvalue weighted by Gasteiger charge is 2.10. The van der Waals surface area contributed by atoms with Crippen molar-refractivity contribution in [3.8, 4) is 5.75 Å². The Morgan fingerprint density at radius 2 is 1.91 bits per heavy atom. The van der Waals surface area contributed by atoms with Gasteiger partial charge in [0, 0.05) is 17.3 Å². The number of thiocarbonyl (C=S) groups is 1. The van der Waals surface area contributed by atoms with Gasteiger partial charge in [0.1, 0.15) is 5.75 Å². The Labute approximate surface area is 140 Å². The zero-order valence-electron chi connectivity index (χ0n) is 13.1. The summed E-state index contributed by atoms with van der Waals surface area (Å²) in [6.07, 6.45) is 0.929. The molecule has 0 saturated carbocycles. The first kappa shape index (κ1) is 16.8. The van der Waals surface area contributed by atoms with Crippen molar-refractivity contribution < 1.29 is 9.53 Å². The summed E-state index contributed by atoms with van der Waals surface area (Å²) in [5.41, 5.74) is 8.64. The summed E-state index contributed by atoms with van der Waals surface area (Å²) in [6.45, 7) is 2.06. The lowest BCUT2D eigenvalue weighted by molar-refractivity contribution is 0.0977. The summed E-state index contributed by atoms with van der Waals surface area (Å²) in [5.74, 6) is 0.286. The number of carbonyl (C=O) groups excluding carboxylic acids is 1. The van der Waals surface area contributed by atoms with Crippen LogP contribution in [-0.2, 0) is 6.42 Å². The molecule has 0 bridgehead atoms. The quantitative estimate of drug-likeness (QED) is 0.594. The van der Waals surface area contributed by atoms with E-state index in [2.05, 4.69) is 17.6 Å². The highest BCUT2D eigenvalue weighted by atomic mass is 32.1. The molecule has 1 amide bonds. The van der Waals surface area contributed by atoms with E-state index in [0.717, 1.165) is 6.42 Å². The first-order valence-electron chi connectivity index (χ1n) is 7.18. The van der Waals surface area contributed by atoms with Crippen LogP contribution in [0.2, 0.25) is 0 Å². The molecule has 6 heteroatoms. The minimum Gasteiger partial charge on any atom is -0.494 e. The molecule has 2 aromatic rings. The summed E-state index contributed by atoms with van der Waals surface area (Å²) in [4.78, 5) is 12.2. The lowest BCUT2D eigenvalue weighted by atomic mass is 10.1. The van der Waals surface area contributed by atoms with Crippen LogP contribution in [0.1, 0.15) is 22.8 Å². The second-order valence-electron chi connectivity index (χ2n) is 4.92. The molecule has 0 saturated heterocycles. The maximum atomic E-state index is 12.2. The van der Waals surface area contributed by atoms with Gasteiger partial charge in [-0.25, -0.2) is 0 Å². The van der Waals surface area contributed by atoms with Gasteiger partial charge < -0.3 is 15.8 Å². The summed E-state index contributed by atoms with van der Waals surface area (Å²) >= 11 is 5.17. The molecule has 0 radical (unpaired) electrons. The number of nitrogens with one attached hydrogen (secondary N) is 2. The fourth-order valence-electron chi connectivity index (χ4n) is 2.03. The van der Waals surface area contributed by atoms with Gasteiger partial charge in [-0.05, 0) is 48.5 Å². The fraction of sp³-hybridized carbons (Fsp3) is 0.176. The average Bonchev–Trinajstić information content (AvgIpc) is 2.56. The van der Waals surface area contributed by atoms with E-state index in [1.54, 1.807) is 30.3 Å². The Kier molecular flexibility index (Phi) is 5.54. The van der Waals surface area contributed by atoms with Crippen molar-refractivity contribution in [3.05, 3.63) is 53.6 Å². The average molecular weight is 329 g/mol. The number of aryl methyl sites for hydroxylation is 1. The minimum atomic E-state index is -0.264. The van der Waals surface area contributed by atoms with Crippen LogP contribution in [0.15, 0.2) is 42.5 Å². The van der Waals surface area contributed by atoms with Crippen molar-refractivity contribution in [2.45, 2.75) is 13.3 Å². The van der Waals surface area contributed by atoms with Crippen LogP contribution in [-0.4, -0.2) is 18.1 Å². The van der Waals surface area contributed by atoms with Crippen LogP contribution in [0.5, 0.6) is 5.75 Å². The van der Waals surface area contributed by atoms with E-state index >= 15 is 0 Å². The molecule has 5 nitrogen and oxygen atoms in total. The van der Waals surface area contributed by atoms with E-state index < -0.39 is 0 Å². The van der Waals surface area contributed by atoms with Gasteiger partial charge in [-0.15, -0.1) is 0 Å². The number of carbonyl (C=O) groups is 1. The standard InChI is InChI=1S/C17H19N3O2S/c1-3-11-4-6-12(7-5-11)16(21)20-17(23)19-14-9-8-13(18)10-15(14)22-2/h4-10H,3,18H2,1-2H3,(H2,19,20,21,23). The molecule has 2 aromatic carbocycles. The number of methoxy groups -OCH3 is 1. The monoisotopic (exact) mass is 329 g/mol. The van der Waals surface area contributed by atoms with Crippen LogP contribution in [0.25, 0.3) is 0 Å². The molecule has 0 aliphatic carbocycles. The molecule has 0 fully saturated rings. The van der Waals surface area contributed by atoms with Crippen molar-refractivity contribution in [3.63, 3.8) is 0 Å². The Morgan fingerprint density at radius 3 is 2.52 bits per heavy atom. The third kappa shape index (κ3) is 4.43. The largest absolute Gasteiger partial charge is 0.494 e. The molecule has 0 spiro atoms. The number of benzene rings is 2. The van der Waals surface area contributed by atoms with Crippen LogP contribution in [0.4, 0.5) is 11.4 Å². The summed E-state index contributed by atoms with van der Waals surface area (Å²) < 4.78 is 5.23. The van der Waals surface area contributed by atoms with Crippen molar-refractivity contribution in [2.75, 3.05) is 18.2 Å². The normalized spacial score (nSPS) is 10.0. The predicted molar refractivity (Wildman–Crippen MR) is 96.9 cm³/mol. The lowest BCUT2D eigenvalue weighted by Gasteiger charge is -2.13. The second kappa shape index (κ2) is 7.60. The molecule has 2 rings (SSSR count). The van der Waals surface area contributed by atoms with Crippen LogP contribution in [0.3, 0.4) is 0 Å². The van der Waals surface area contributed by atoms with Gasteiger partial charge in [0.2, 0.25) is 0 Å². The number of hydrogen-bond acceptors (Lipinski definition) is 4. The molecular formula is C17H19N3O2S. The Bertz CT molecular complexity index is 714. The smallest absolute Gasteiger partial charge is 0.257 e. The van der Waals surface area contributed by atoms with Gasteiger partial charge in [-0.2, -0.15) is 0 Å². The number of ether oxygens (including phenoxy) is 1. The molecule has 0 unspecified atom stereocenters. The van der Waals surface area contributed by atoms with E-state index in [1.165, 1.54) is 12.7 Å². The zero-order valence-corrected chi connectivity index (χ0v) is 13.9. The number of nitrogen functional groups attached to an aromatic ring is 1. The van der Waals surface area contributed by atoms with E-state index in [1.807, 2.05) is 12.1 Å². The Balaban J connectivity index is 2.02. The molecule has 0 aromatic heterocycles. The molecular weight excluding hydrogens is 310 g/mol. The summed E-state index contributed by atoms with van der Waals surface area (Å²) in [6, 6.07) is 12.5. The maximum Gasteiger partial charge on any atom is 0.257 e. The van der Waals surface area contributed by atoms with Crippen molar-refractivity contribution in [1.82, 2.24) is 5.32 Å². The molecule has 4 N–H and O–H groups in total. The van der Waals surface area contributed by atoms with Gasteiger partial charge >= 0.3 is 0 Å². The fourth-order valence-corrected chi connectivity index (χ4v) is 2.23. The van der Waals surface area contributed by atoms with Crippen LogP contribution < -0.4 is 21.1 Å². The zero-order chi connectivity index (χ0) is 16.8. The van der Waals surface area contributed by atoms with E-state index in [4.69, 9.17) is 22.7 Å². The van der Waals surface area contributed by atoms with E-state index in [-0.39, 0.29) is 11.0 Å². The molecule has 0 atom stereocenters. The van der Waals surface area contributed by atoms with Gasteiger partial charge in [-0.3, -0.25) is 10.1 Å². The number of anilines is 2. The molecule has 0 heterocycles. The highest BCUT2D eigenvalue weighted by Crippen LogP contribution is 2.26. The first-order chi connectivity index (χ1) is 11.0. The Morgan fingerprint density at radius 1 is 1.22 bits per heavy atom. The number of hydrogen-bond donors (Lipinski definition) is 3. The van der Waals surface area contributed by atoms with Gasteiger partial charge in [0.15, 0.2) is 5.11 Å². The van der Waals surface area contributed by atoms with Crippen molar-refractivity contribution in [1.29, 1.82) is 0 Å². The van der Waals surface area contributed by atoms with Gasteiger partial charge in [0.25, 0.3) is 5.91 Å². The number of rotatable bonds is 4. The maximum absolute atomic E-state index is 12.2. The molecule has 23 heavy (non-hydrogen) atoms. The predicted octanol–water partition coefficient (Wildman–Crippen LogP) is 2.97. The number of nitrogens with two attached hydrogens (primary N) is 1. The molecule has 0 aliphatic rings. The van der Waals surface area contributed by atoms with E-state index in [0.29, 0.717) is 22.7 Å². The summed E-state index contributed by atoms with van der Waals surface area (Å²) in [5, 5.41) is 5.77. The number of amides is 1. The van der Waals surface area contributed by atoms with Crippen LogP contribution >= 0.6 is 12.2 Å². The van der Waals surface area contributed by atoms with Crippen molar-refractivity contribution >= 4 is 34.6 Å². The second-order valence-corrected chi connectivity index (χ2v) is 5.33. The third-order valence-electron chi connectivity index (χ3n) is 3.33. The first-order valence-corrected chi connectivity index (χ1v) is 7.59. The van der Waals surface area contributed by atoms with Crippen molar-refractivity contribution in [2.24, 2.45) is 0 Å². The third-order valence-corrected chi connectivity index (χ3v) is 3.53. The van der Waals surface area contributed by atoms with Crippen LogP contribution in [0, 0.1) is 0 Å². The Hall–Kier alpha value is -2.60. The van der Waals surface area contributed by atoms with Gasteiger partial charge in [0.05, 0.1) is 12.8 Å². The molecule has 0 aliphatic heterocycles. The minimum absolute atomic E-state index is 0.192. The van der Waals surface area contributed by atoms with E-state index in [9.17, 15) is 4.79 Å². The van der Waals surface area contributed by atoms with Gasteiger partial charge in [-0.1, -0.05) is 19.1 Å². The highest BCUT2D eigenvalue weighted by molar-refractivity contribution is 7.80.